The molecular weight excluding hydrogens is 270 g/mol. The number of rotatable bonds is 4. The van der Waals surface area contributed by atoms with Crippen molar-refractivity contribution in [2.45, 2.75) is 45.1 Å². The van der Waals surface area contributed by atoms with Crippen molar-refractivity contribution in [1.82, 2.24) is 9.97 Å². The number of hydrogen-bond acceptors (Lipinski definition) is 5. The van der Waals surface area contributed by atoms with E-state index in [4.69, 9.17) is 16.3 Å². The average Bonchev–Trinajstić information content (AvgIpc) is 2.39. The highest BCUT2D eigenvalue weighted by atomic mass is 35.5. The van der Waals surface area contributed by atoms with E-state index in [1.165, 1.54) is 12.7 Å². The van der Waals surface area contributed by atoms with Gasteiger partial charge in [-0.2, -0.15) is 4.98 Å². The topological polar surface area (TPSA) is 78.2 Å². The first-order valence-electron chi connectivity index (χ1n) is 6.45. The smallest absolute Gasteiger partial charge is 0.367 e. The van der Waals surface area contributed by atoms with Crippen LogP contribution in [0.4, 0.5) is 5.69 Å². The van der Waals surface area contributed by atoms with Crippen molar-refractivity contribution in [3.63, 3.8) is 0 Å². The summed E-state index contributed by atoms with van der Waals surface area (Å²) in [5.74, 6) is 0.400. The van der Waals surface area contributed by atoms with E-state index in [1.54, 1.807) is 0 Å². The highest BCUT2D eigenvalue weighted by Gasteiger charge is 2.30. The van der Waals surface area contributed by atoms with Gasteiger partial charge in [0.1, 0.15) is 12.4 Å². The average molecular weight is 286 g/mol. The van der Waals surface area contributed by atoms with Gasteiger partial charge in [-0.25, -0.2) is 4.98 Å². The standard InChI is InChI=1S/C12H16ClN3O3/c1-2-8-5-3-4-6-9(8)19-12-10(16(17)18)11(13)14-7-15-12/h7-9H,2-6H2,1H3. The van der Waals surface area contributed by atoms with Crippen LogP contribution in [0.1, 0.15) is 39.0 Å². The summed E-state index contributed by atoms with van der Waals surface area (Å²) in [5, 5.41) is 10.8. The van der Waals surface area contributed by atoms with Crippen LogP contribution in [0.25, 0.3) is 0 Å². The molecule has 6 nitrogen and oxygen atoms in total. The molecule has 2 unspecified atom stereocenters. The van der Waals surface area contributed by atoms with E-state index in [2.05, 4.69) is 16.9 Å². The van der Waals surface area contributed by atoms with E-state index in [9.17, 15) is 10.1 Å². The maximum Gasteiger partial charge on any atom is 0.367 e. The van der Waals surface area contributed by atoms with Gasteiger partial charge >= 0.3 is 5.69 Å². The minimum atomic E-state index is -0.596. The predicted octanol–water partition coefficient (Wildman–Crippen LogP) is 3.39. The second-order valence-electron chi connectivity index (χ2n) is 4.68. The van der Waals surface area contributed by atoms with Crippen LogP contribution < -0.4 is 4.74 Å². The van der Waals surface area contributed by atoms with E-state index >= 15 is 0 Å². The van der Waals surface area contributed by atoms with Crippen LogP contribution in [0, 0.1) is 16.0 Å². The van der Waals surface area contributed by atoms with Crippen molar-refractivity contribution >= 4 is 17.3 Å². The quantitative estimate of drug-likeness (QED) is 0.481. The van der Waals surface area contributed by atoms with Crippen LogP contribution >= 0.6 is 11.6 Å². The Balaban J connectivity index is 2.22. The summed E-state index contributed by atoms with van der Waals surface area (Å²) in [6.45, 7) is 2.10. The lowest BCUT2D eigenvalue weighted by atomic mass is 9.85. The Morgan fingerprint density at radius 1 is 1.47 bits per heavy atom. The second-order valence-corrected chi connectivity index (χ2v) is 5.04. The molecule has 1 aliphatic carbocycles. The molecule has 1 saturated carbocycles. The molecule has 1 fully saturated rings. The summed E-state index contributed by atoms with van der Waals surface area (Å²) >= 11 is 5.74. The zero-order valence-corrected chi connectivity index (χ0v) is 11.5. The monoisotopic (exact) mass is 285 g/mol. The highest BCUT2D eigenvalue weighted by Crippen LogP contribution is 2.35. The lowest BCUT2D eigenvalue weighted by Crippen LogP contribution is -2.30. The van der Waals surface area contributed by atoms with Gasteiger partial charge in [-0.15, -0.1) is 0 Å². The molecule has 1 aromatic rings. The Labute approximate surface area is 116 Å². The molecule has 0 N–H and O–H groups in total. The van der Waals surface area contributed by atoms with Crippen molar-refractivity contribution < 1.29 is 9.66 Å². The van der Waals surface area contributed by atoms with Gasteiger partial charge in [0.05, 0.1) is 4.92 Å². The molecule has 1 aliphatic rings. The van der Waals surface area contributed by atoms with Gasteiger partial charge in [-0.05, 0) is 31.6 Å². The number of halogens is 1. The largest absolute Gasteiger partial charge is 0.469 e. The Hall–Kier alpha value is -1.43. The van der Waals surface area contributed by atoms with Gasteiger partial charge < -0.3 is 4.74 Å². The van der Waals surface area contributed by atoms with Crippen LogP contribution in [0.5, 0.6) is 5.88 Å². The Bertz CT molecular complexity index is 470. The first kappa shape index (κ1) is 14.0. The summed E-state index contributed by atoms with van der Waals surface area (Å²) in [5.41, 5.74) is -0.343. The maximum absolute atomic E-state index is 11.0. The summed E-state index contributed by atoms with van der Waals surface area (Å²) in [6, 6.07) is 0. The third kappa shape index (κ3) is 3.12. The third-order valence-electron chi connectivity index (χ3n) is 3.55. The number of nitrogens with zero attached hydrogens (tertiary/aromatic N) is 3. The lowest BCUT2D eigenvalue weighted by molar-refractivity contribution is -0.386. The molecule has 1 heterocycles. The number of aromatic nitrogens is 2. The summed E-state index contributed by atoms with van der Waals surface area (Å²) in [6.07, 6.45) is 6.42. The predicted molar refractivity (Wildman–Crippen MR) is 70.4 cm³/mol. The van der Waals surface area contributed by atoms with Gasteiger partial charge in [0, 0.05) is 0 Å². The third-order valence-corrected chi connectivity index (χ3v) is 3.83. The highest BCUT2D eigenvalue weighted by molar-refractivity contribution is 6.31. The molecule has 1 aromatic heterocycles. The van der Waals surface area contributed by atoms with E-state index < -0.39 is 4.92 Å². The Morgan fingerprint density at radius 3 is 2.89 bits per heavy atom. The van der Waals surface area contributed by atoms with E-state index in [0.717, 1.165) is 25.7 Å². The van der Waals surface area contributed by atoms with Gasteiger partial charge in [-0.3, -0.25) is 10.1 Å². The van der Waals surface area contributed by atoms with Gasteiger partial charge in [-0.1, -0.05) is 24.9 Å². The number of hydrogen-bond donors (Lipinski definition) is 0. The normalized spacial score (nSPS) is 23.1. The Morgan fingerprint density at radius 2 is 2.21 bits per heavy atom. The van der Waals surface area contributed by atoms with Crippen LogP contribution in [0.2, 0.25) is 5.15 Å². The summed E-state index contributed by atoms with van der Waals surface area (Å²) in [4.78, 5) is 17.9. The lowest BCUT2D eigenvalue weighted by Gasteiger charge is -2.30. The Kier molecular flexibility index (Phi) is 4.52. The zero-order valence-electron chi connectivity index (χ0n) is 10.7. The molecule has 0 saturated heterocycles. The molecule has 19 heavy (non-hydrogen) atoms. The maximum atomic E-state index is 11.0. The summed E-state index contributed by atoms with van der Waals surface area (Å²) in [7, 11) is 0. The van der Waals surface area contributed by atoms with Crippen LogP contribution in [0.3, 0.4) is 0 Å². The molecule has 2 atom stereocenters. The number of ether oxygens (including phenoxy) is 1. The minimum absolute atomic E-state index is 0.0182. The molecule has 104 valence electrons. The van der Waals surface area contributed by atoms with E-state index in [1.807, 2.05) is 0 Å². The van der Waals surface area contributed by atoms with Crippen LogP contribution in [0.15, 0.2) is 6.33 Å². The van der Waals surface area contributed by atoms with Gasteiger partial charge in [0.2, 0.25) is 5.15 Å². The SMILES string of the molecule is CCC1CCCCC1Oc1ncnc(Cl)c1[N+](=O)[O-]. The van der Waals surface area contributed by atoms with E-state index in [-0.39, 0.29) is 22.8 Å². The molecule has 0 spiro atoms. The fourth-order valence-corrected chi connectivity index (χ4v) is 2.71. The van der Waals surface area contributed by atoms with Crippen molar-refractivity contribution in [2.75, 3.05) is 0 Å². The first-order chi connectivity index (χ1) is 9.13. The van der Waals surface area contributed by atoms with Crippen LogP contribution in [-0.2, 0) is 0 Å². The molecular formula is C12H16ClN3O3. The van der Waals surface area contributed by atoms with Gasteiger partial charge in [0.15, 0.2) is 0 Å². The molecule has 0 amide bonds. The van der Waals surface area contributed by atoms with Crippen molar-refractivity contribution in [1.29, 1.82) is 0 Å². The zero-order chi connectivity index (χ0) is 13.8. The van der Waals surface area contributed by atoms with Crippen molar-refractivity contribution in [3.05, 3.63) is 21.6 Å². The fraction of sp³-hybridized carbons (Fsp3) is 0.667. The summed E-state index contributed by atoms with van der Waals surface area (Å²) < 4.78 is 5.75. The number of nitro groups is 1. The molecule has 0 aliphatic heterocycles. The fourth-order valence-electron chi connectivity index (χ4n) is 2.52. The van der Waals surface area contributed by atoms with Gasteiger partial charge in [0.25, 0.3) is 5.88 Å². The van der Waals surface area contributed by atoms with Crippen molar-refractivity contribution in [3.8, 4) is 5.88 Å². The second kappa shape index (κ2) is 6.14. The molecule has 0 bridgehead atoms. The molecule has 2 rings (SSSR count). The van der Waals surface area contributed by atoms with Crippen molar-refractivity contribution in [2.24, 2.45) is 5.92 Å². The molecule has 0 aromatic carbocycles. The molecule has 0 radical (unpaired) electrons. The minimum Gasteiger partial charge on any atom is -0.469 e. The molecule has 7 heteroatoms. The van der Waals surface area contributed by atoms with Crippen LogP contribution in [-0.4, -0.2) is 21.0 Å². The first-order valence-corrected chi connectivity index (χ1v) is 6.82. The van der Waals surface area contributed by atoms with E-state index in [0.29, 0.717) is 5.92 Å².